The predicted molar refractivity (Wildman–Crippen MR) is 128 cm³/mol. The molecule has 5 aromatic rings. The molecule has 152 valence electrons. The summed E-state index contributed by atoms with van der Waals surface area (Å²) >= 11 is 4.85. The Bertz CT molecular complexity index is 1040. The van der Waals surface area contributed by atoms with Gasteiger partial charge in [-0.15, -0.1) is 0 Å². The number of hydrogen-bond donors (Lipinski definition) is 1. The number of H-pyrrole nitrogens is 1. The molecule has 0 amide bonds. The average molecular weight is 609 g/mol. The van der Waals surface area contributed by atoms with Gasteiger partial charge >= 0.3 is 22.4 Å². The molecule has 2 nitrogen and oxygen atoms in total. The summed E-state index contributed by atoms with van der Waals surface area (Å²) in [6.45, 7) is 0. The fraction of sp³-hybridized carbons (Fsp3) is 0. The molecule has 0 saturated carbocycles. The molecular formula is C25H21AuN2PS+. The molecule has 0 aliphatic heterocycles. The van der Waals surface area contributed by atoms with Gasteiger partial charge in [-0.3, -0.25) is 4.98 Å². The third-order valence-electron chi connectivity index (χ3n) is 4.56. The number of hydrogen-bond acceptors (Lipinski definition) is 2. The van der Waals surface area contributed by atoms with E-state index in [9.17, 15) is 0 Å². The fourth-order valence-corrected chi connectivity index (χ4v) is 6.03. The SMILES string of the molecule is [Au+].[S-]c1nc2ccccc2[nH]1.c1ccc([PH+](c2ccccc2)c2ccccc2)cc1. The largest absolute Gasteiger partial charge is 1.00 e. The van der Waals surface area contributed by atoms with Gasteiger partial charge in [-0.05, 0) is 53.7 Å². The molecule has 0 aliphatic rings. The summed E-state index contributed by atoms with van der Waals surface area (Å²) in [5.41, 5.74) is 1.94. The third kappa shape index (κ3) is 5.66. The van der Waals surface area contributed by atoms with E-state index < -0.39 is 7.92 Å². The Morgan fingerprint density at radius 1 is 0.567 bits per heavy atom. The number of nitrogens with one attached hydrogen (secondary N) is 1. The minimum atomic E-state index is -0.877. The molecule has 0 atom stereocenters. The summed E-state index contributed by atoms with van der Waals surface area (Å²) in [5, 5.41) is 4.86. The maximum Gasteiger partial charge on any atom is 1.00 e. The van der Waals surface area contributed by atoms with Crippen LogP contribution in [0, 0.1) is 0 Å². The molecule has 0 aliphatic carbocycles. The second-order valence-corrected chi connectivity index (χ2v) is 9.40. The van der Waals surface area contributed by atoms with Crippen LogP contribution in [0.1, 0.15) is 0 Å². The van der Waals surface area contributed by atoms with Crippen LogP contribution in [0.25, 0.3) is 11.0 Å². The molecule has 1 aromatic heterocycles. The molecule has 5 rings (SSSR count). The van der Waals surface area contributed by atoms with E-state index in [1.165, 1.54) is 15.9 Å². The first-order chi connectivity index (χ1) is 14.3. The van der Waals surface area contributed by atoms with Crippen molar-refractivity contribution in [1.29, 1.82) is 0 Å². The molecule has 5 heteroatoms. The van der Waals surface area contributed by atoms with Gasteiger partial charge in [-0.1, -0.05) is 66.7 Å². The minimum Gasteiger partial charge on any atom is -0.742 e. The van der Waals surface area contributed by atoms with E-state index in [-0.39, 0.29) is 22.4 Å². The summed E-state index contributed by atoms with van der Waals surface area (Å²) in [6.07, 6.45) is 0. The van der Waals surface area contributed by atoms with Crippen molar-refractivity contribution < 1.29 is 22.4 Å². The molecule has 30 heavy (non-hydrogen) atoms. The van der Waals surface area contributed by atoms with E-state index in [4.69, 9.17) is 12.6 Å². The van der Waals surface area contributed by atoms with Crippen molar-refractivity contribution in [3.05, 3.63) is 115 Å². The van der Waals surface area contributed by atoms with Crippen molar-refractivity contribution in [2.75, 3.05) is 0 Å². The van der Waals surface area contributed by atoms with Crippen LogP contribution in [0.15, 0.2) is 120 Å². The van der Waals surface area contributed by atoms with Gasteiger partial charge in [0, 0.05) is 0 Å². The van der Waals surface area contributed by atoms with Gasteiger partial charge in [0.05, 0.1) is 19.0 Å². The standard InChI is InChI=1S/C18H15P.C7H6N2S.Au/c1-4-10-16(11-5-1)19(17-12-6-2-7-13-17)18-14-8-3-9-15-18;10-7-8-5-3-1-2-4-6(5)9-7;/h1-15H;1-4H,(H2,8,9,10);/q;;+1. The Morgan fingerprint density at radius 3 is 1.40 bits per heavy atom. The summed E-state index contributed by atoms with van der Waals surface area (Å²) in [4.78, 5) is 7.03. The van der Waals surface area contributed by atoms with Crippen LogP contribution in [0.5, 0.6) is 0 Å². The number of aromatic amines is 1. The van der Waals surface area contributed by atoms with E-state index >= 15 is 0 Å². The van der Waals surface area contributed by atoms with Crippen molar-refractivity contribution in [2.45, 2.75) is 5.16 Å². The average Bonchev–Trinajstić information content (AvgIpc) is 3.17. The van der Waals surface area contributed by atoms with E-state index in [0.29, 0.717) is 5.16 Å². The van der Waals surface area contributed by atoms with Crippen LogP contribution < -0.4 is 15.9 Å². The Hall–Kier alpha value is -2.26. The first-order valence-corrected chi connectivity index (χ1v) is 11.4. The van der Waals surface area contributed by atoms with E-state index in [1.54, 1.807) is 0 Å². The predicted octanol–water partition coefficient (Wildman–Crippen LogP) is 4.64. The van der Waals surface area contributed by atoms with Gasteiger partial charge in [0.15, 0.2) is 0 Å². The van der Waals surface area contributed by atoms with Crippen LogP contribution in [0.4, 0.5) is 0 Å². The third-order valence-corrected chi connectivity index (χ3v) is 7.48. The molecule has 4 aromatic carbocycles. The van der Waals surface area contributed by atoms with Crippen LogP contribution >= 0.6 is 7.92 Å². The zero-order valence-corrected chi connectivity index (χ0v) is 20.1. The second kappa shape index (κ2) is 11.2. The number of para-hydroxylation sites is 2. The van der Waals surface area contributed by atoms with Crippen molar-refractivity contribution in [3.63, 3.8) is 0 Å². The first-order valence-electron chi connectivity index (χ1n) is 9.46. The van der Waals surface area contributed by atoms with Crippen LogP contribution in [-0.2, 0) is 35.0 Å². The fourth-order valence-electron chi connectivity index (χ4n) is 3.24. The molecule has 0 radical (unpaired) electrons. The van der Waals surface area contributed by atoms with E-state index in [0.717, 1.165) is 11.0 Å². The number of nitrogens with zero attached hydrogens (tertiary/aromatic N) is 1. The van der Waals surface area contributed by atoms with Crippen molar-refractivity contribution >= 4 is 47.5 Å². The molecule has 0 unspecified atom stereocenters. The van der Waals surface area contributed by atoms with E-state index in [1.807, 2.05) is 24.3 Å². The summed E-state index contributed by atoms with van der Waals surface area (Å²) in [6, 6.07) is 40.3. The molecule has 1 heterocycles. The van der Waals surface area contributed by atoms with Crippen LogP contribution in [0.2, 0.25) is 0 Å². The maximum atomic E-state index is 4.85. The molecule has 0 fully saturated rings. The first kappa shape index (κ1) is 22.4. The number of benzene rings is 4. The molecule has 0 saturated heterocycles. The van der Waals surface area contributed by atoms with E-state index in [2.05, 4.69) is 101 Å². The Morgan fingerprint density at radius 2 is 0.967 bits per heavy atom. The number of fused-ring (bicyclic) bond motifs is 1. The van der Waals surface area contributed by atoms with Gasteiger partial charge < -0.3 is 17.6 Å². The summed E-state index contributed by atoms with van der Waals surface area (Å²) in [5.74, 6) is 0. The minimum absolute atomic E-state index is 0. The van der Waals surface area contributed by atoms with Crippen molar-refractivity contribution in [3.8, 4) is 0 Å². The molecular weight excluding hydrogens is 588 g/mol. The molecule has 0 spiro atoms. The monoisotopic (exact) mass is 609 g/mol. The molecule has 0 bridgehead atoms. The summed E-state index contributed by atoms with van der Waals surface area (Å²) < 4.78 is 0. The van der Waals surface area contributed by atoms with Crippen molar-refractivity contribution in [1.82, 2.24) is 9.97 Å². The Kier molecular flexibility index (Phi) is 8.39. The van der Waals surface area contributed by atoms with Gasteiger partial charge in [-0.2, -0.15) is 0 Å². The smallest absolute Gasteiger partial charge is 0.742 e. The zero-order valence-electron chi connectivity index (χ0n) is 16.1. The summed E-state index contributed by atoms with van der Waals surface area (Å²) in [7, 11) is -0.877. The van der Waals surface area contributed by atoms with Gasteiger partial charge in [0.1, 0.15) is 15.9 Å². The Labute approximate surface area is 199 Å². The second-order valence-electron chi connectivity index (χ2n) is 6.53. The maximum absolute atomic E-state index is 4.85. The quantitative estimate of drug-likeness (QED) is 0.184. The number of rotatable bonds is 3. The van der Waals surface area contributed by atoms with Gasteiger partial charge in [-0.25, -0.2) is 0 Å². The Balaban J connectivity index is 0.000000197. The van der Waals surface area contributed by atoms with Crippen molar-refractivity contribution in [2.24, 2.45) is 0 Å². The van der Waals surface area contributed by atoms with Crippen LogP contribution in [0.3, 0.4) is 0 Å². The molecule has 1 N–H and O–H groups in total. The number of aromatic nitrogens is 2. The van der Waals surface area contributed by atoms with Gasteiger partial charge in [0.2, 0.25) is 0 Å². The topological polar surface area (TPSA) is 28.7 Å². The normalized spacial score (nSPS) is 10.2. The van der Waals surface area contributed by atoms with Gasteiger partial charge in [0.25, 0.3) is 0 Å². The number of imidazole rings is 1. The zero-order chi connectivity index (χ0) is 19.9. The van der Waals surface area contributed by atoms with Crippen LogP contribution in [-0.4, -0.2) is 9.97 Å².